The van der Waals surface area contributed by atoms with Crippen molar-refractivity contribution in [2.24, 2.45) is 0 Å². The second kappa shape index (κ2) is 8.32. The highest BCUT2D eigenvalue weighted by Crippen LogP contribution is 2.30. The Morgan fingerprint density at radius 2 is 1.86 bits per heavy atom. The second-order valence-corrected chi connectivity index (χ2v) is 6.29. The first kappa shape index (κ1) is 21.3. The number of hydrogen-bond acceptors (Lipinski definition) is 4. The summed E-state index contributed by atoms with van der Waals surface area (Å²) in [5.41, 5.74) is -0.955. The number of carboxylic acid groups (broad SMARTS) is 1. The van der Waals surface area contributed by atoms with Crippen LogP contribution >= 0.6 is 0 Å². The number of benzene rings is 1. The molecule has 0 fully saturated rings. The summed E-state index contributed by atoms with van der Waals surface area (Å²) in [6.07, 6.45) is -4.05. The molecule has 0 spiro atoms. The number of aliphatic hydroxyl groups is 1. The highest BCUT2D eigenvalue weighted by atomic mass is 19.4. The number of amides is 2. The summed E-state index contributed by atoms with van der Waals surface area (Å²) in [6, 6.07) is 3.83. The summed E-state index contributed by atoms with van der Waals surface area (Å²) < 4.78 is 38.1. The van der Waals surface area contributed by atoms with Crippen LogP contribution in [0.1, 0.15) is 30.9 Å². The molecule has 1 atom stereocenters. The van der Waals surface area contributed by atoms with Crippen LogP contribution in [0.4, 0.5) is 13.2 Å². The zero-order valence-corrected chi connectivity index (χ0v) is 14.9. The Kier molecular flexibility index (Phi) is 6.32. The molecule has 2 rings (SSSR count). The number of halogens is 3. The van der Waals surface area contributed by atoms with Gasteiger partial charge in [0.2, 0.25) is 0 Å². The van der Waals surface area contributed by atoms with E-state index in [1.54, 1.807) is 6.92 Å². The number of aliphatic hydroxyl groups excluding tert-OH is 1. The number of carbonyl (C=O) groups excluding carboxylic acids is 2. The van der Waals surface area contributed by atoms with Gasteiger partial charge < -0.3 is 20.4 Å². The van der Waals surface area contributed by atoms with Gasteiger partial charge in [-0.1, -0.05) is 19.1 Å². The number of rotatable bonds is 6. The van der Waals surface area contributed by atoms with Crippen molar-refractivity contribution in [1.82, 2.24) is 10.2 Å². The lowest BCUT2D eigenvalue weighted by Gasteiger charge is -2.35. The minimum atomic E-state index is -4.48. The molecule has 7 nitrogen and oxygen atoms in total. The van der Waals surface area contributed by atoms with Crippen molar-refractivity contribution in [1.29, 1.82) is 0 Å². The SMILES string of the molecule is CCC1CC(O)=C(C(=O)NCC(=O)O)C(=O)N1Cc1ccc(C(F)(F)F)cc1. The Morgan fingerprint density at radius 1 is 1.25 bits per heavy atom. The van der Waals surface area contributed by atoms with E-state index >= 15 is 0 Å². The number of carboxylic acids is 1. The van der Waals surface area contributed by atoms with Crippen molar-refractivity contribution < 1.29 is 37.8 Å². The normalized spacial score (nSPS) is 17.6. The van der Waals surface area contributed by atoms with Gasteiger partial charge in [-0.05, 0) is 24.1 Å². The molecule has 10 heteroatoms. The number of nitrogens with one attached hydrogen (secondary N) is 1. The van der Waals surface area contributed by atoms with Crippen LogP contribution in [-0.2, 0) is 27.1 Å². The molecule has 1 unspecified atom stereocenters. The van der Waals surface area contributed by atoms with Gasteiger partial charge in [-0.3, -0.25) is 14.4 Å². The van der Waals surface area contributed by atoms with Crippen molar-refractivity contribution in [2.75, 3.05) is 6.54 Å². The van der Waals surface area contributed by atoms with Crippen molar-refractivity contribution in [3.05, 3.63) is 46.7 Å². The molecule has 1 aliphatic rings. The first-order valence-corrected chi connectivity index (χ1v) is 8.43. The molecule has 1 aromatic rings. The summed E-state index contributed by atoms with van der Waals surface area (Å²) in [5.74, 6) is -3.58. The average Bonchev–Trinajstić information content (AvgIpc) is 2.61. The van der Waals surface area contributed by atoms with Gasteiger partial charge in [0.1, 0.15) is 17.9 Å². The monoisotopic (exact) mass is 400 g/mol. The van der Waals surface area contributed by atoms with E-state index in [0.717, 1.165) is 12.1 Å². The van der Waals surface area contributed by atoms with Crippen LogP contribution in [0.3, 0.4) is 0 Å². The van der Waals surface area contributed by atoms with Crippen LogP contribution in [-0.4, -0.2) is 45.5 Å². The van der Waals surface area contributed by atoms with E-state index < -0.39 is 53.4 Å². The Morgan fingerprint density at radius 3 is 2.36 bits per heavy atom. The van der Waals surface area contributed by atoms with E-state index in [9.17, 15) is 32.7 Å². The van der Waals surface area contributed by atoms with Gasteiger partial charge in [0, 0.05) is 19.0 Å². The molecule has 0 bridgehead atoms. The summed E-state index contributed by atoms with van der Waals surface area (Å²) in [5, 5.41) is 20.7. The van der Waals surface area contributed by atoms with Gasteiger partial charge in [0.25, 0.3) is 11.8 Å². The molecule has 0 aliphatic carbocycles. The minimum absolute atomic E-state index is 0.0152. The molecule has 1 heterocycles. The zero-order valence-electron chi connectivity index (χ0n) is 14.9. The van der Waals surface area contributed by atoms with Crippen molar-refractivity contribution >= 4 is 17.8 Å². The Bertz CT molecular complexity index is 802. The van der Waals surface area contributed by atoms with E-state index in [2.05, 4.69) is 0 Å². The van der Waals surface area contributed by atoms with Crippen molar-refractivity contribution in [3.63, 3.8) is 0 Å². The van der Waals surface area contributed by atoms with Gasteiger partial charge >= 0.3 is 12.1 Å². The lowest BCUT2D eigenvalue weighted by atomic mass is 9.96. The van der Waals surface area contributed by atoms with E-state index in [1.807, 2.05) is 5.32 Å². The fraction of sp³-hybridized carbons (Fsp3) is 0.389. The Labute approximate surface area is 158 Å². The Hall–Kier alpha value is -3.04. The number of alkyl halides is 3. The van der Waals surface area contributed by atoms with Crippen LogP contribution in [0.5, 0.6) is 0 Å². The molecule has 0 saturated heterocycles. The van der Waals surface area contributed by atoms with E-state index in [0.29, 0.717) is 12.0 Å². The molecule has 2 amide bonds. The van der Waals surface area contributed by atoms with Crippen molar-refractivity contribution in [2.45, 2.75) is 38.5 Å². The first-order chi connectivity index (χ1) is 13.0. The predicted molar refractivity (Wildman–Crippen MR) is 91.0 cm³/mol. The standard InChI is InChI=1S/C18H19F3N2O5/c1-2-12-7-13(24)15(16(27)22-8-14(25)26)17(28)23(12)9-10-3-5-11(6-4-10)18(19,20)21/h3-6,12,24H,2,7-9H2,1H3,(H,22,27)(H,25,26). The predicted octanol–water partition coefficient (Wildman–Crippen LogP) is 2.23. The average molecular weight is 400 g/mol. The molecule has 0 radical (unpaired) electrons. The molecule has 0 aromatic heterocycles. The topological polar surface area (TPSA) is 107 Å². The summed E-state index contributed by atoms with van der Waals surface area (Å²) in [6.45, 7) is 0.984. The third kappa shape index (κ3) is 4.81. The van der Waals surface area contributed by atoms with Gasteiger partial charge in [0.05, 0.1) is 5.56 Å². The summed E-state index contributed by atoms with van der Waals surface area (Å²) in [4.78, 5) is 36.7. The first-order valence-electron chi connectivity index (χ1n) is 8.43. The zero-order chi connectivity index (χ0) is 21.1. The minimum Gasteiger partial charge on any atom is -0.511 e. The highest BCUT2D eigenvalue weighted by Gasteiger charge is 2.37. The molecule has 1 aliphatic heterocycles. The molecule has 0 saturated carbocycles. The van der Waals surface area contributed by atoms with E-state index in [1.165, 1.54) is 17.0 Å². The lowest BCUT2D eigenvalue weighted by molar-refractivity contribution is -0.139. The molecule has 152 valence electrons. The van der Waals surface area contributed by atoms with Crippen LogP contribution in [0.2, 0.25) is 0 Å². The number of nitrogens with zero attached hydrogens (tertiary/aromatic N) is 1. The summed E-state index contributed by atoms with van der Waals surface area (Å²) in [7, 11) is 0. The van der Waals surface area contributed by atoms with E-state index in [4.69, 9.17) is 5.11 Å². The third-order valence-corrected chi connectivity index (χ3v) is 4.37. The number of hydrogen-bond donors (Lipinski definition) is 3. The van der Waals surface area contributed by atoms with E-state index in [-0.39, 0.29) is 13.0 Å². The van der Waals surface area contributed by atoms with Crippen LogP contribution < -0.4 is 5.32 Å². The molecule has 3 N–H and O–H groups in total. The maximum Gasteiger partial charge on any atom is 0.416 e. The lowest BCUT2D eigenvalue weighted by Crippen LogP contribution is -2.48. The maximum absolute atomic E-state index is 12.7. The number of aliphatic carboxylic acids is 1. The largest absolute Gasteiger partial charge is 0.511 e. The summed E-state index contributed by atoms with van der Waals surface area (Å²) >= 11 is 0. The maximum atomic E-state index is 12.7. The van der Waals surface area contributed by atoms with Crippen LogP contribution in [0, 0.1) is 0 Å². The van der Waals surface area contributed by atoms with Crippen LogP contribution in [0.25, 0.3) is 0 Å². The third-order valence-electron chi connectivity index (χ3n) is 4.37. The Balaban J connectivity index is 2.24. The quantitative estimate of drug-likeness (QED) is 0.635. The van der Waals surface area contributed by atoms with Gasteiger partial charge in [-0.25, -0.2) is 0 Å². The van der Waals surface area contributed by atoms with Gasteiger partial charge in [0.15, 0.2) is 0 Å². The molecule has 1 aromatic carbocycles. The molecule has 28 heavy (non-hydrogen) atoms. The smallest absolute Gasteiger partial charge is 0.416 e. The molecular formula is C18H19F3N2O5. The van der Waals surface area contributed by atoms with Gasteiger partial charge in [-0.2, -0.15) is 13.2 Å². The molecular weight excluding hydrogens is 381 g/mol. The van der Waals surface area contributed by atoms with Gasteiger partial charge in [-0.15, -0.1) is 0 Å². The van der Waals surface area contributed by atoms with Crippen molar-refractivity contribution in [3.8, 4) is 0 Å². The highest BCUT2D eigenvalue weighted by molar-refractivity contribution is 6.19. The fourth-order valence-electron chi connectivity index (χ4n) is 2.90. The van der Waals surface area contributed by atoms with Crippen LogP contribution in [0.15, 0.2) is 35.6 Å². The fourth-order valence-corrected chi connectivity index (χ4v) is 2.90. The number of carbonyl (C=O) groups is 3. The second-order valence-electron chi connectivity index (χ2n) is 6.29.